The molecule has 1 aliphatic heterocycles. The highest BCUT2D eigenvalue weighted by Gasteiger charge is 2.21. The zero-order valence-electron chi connectivity index (χ0n) is 10.7. The zero-order chi connectivity index (χ0) is 12.5. The van der Waals surface area contributed by atoms with Crippen molar-refractivity contribution < 1.29 is 14.3 Å². The molecule has 4 nitrogen and oxygen atoms in total. The van der Waals surface area contributed by atoms with Crippen molar-refractivity contribution in [2.45, 2.75) is 37.5 Å². The minimum absolute atomic E-state index is 0.155. The molecular weight excluding hydrogens is 238 g/mol. The Morgan fingerprint density at radius 2 is 2.24 bits per heavy atom. The van der Waals surface area contributed by atoms with Gasteiger partial charge in [0, 0.05) is 24.2 Å². The van der Waals surface area contributed by atoms with Crippen LogP contribution in [0.15, 0.2) is 0 Å². The van der Waals surface area contributed by atoms with Crippen LogP contribution in [0.5, 0.6) is 0 Å². The number of rotatable bonds is 7. The third-order valence-electron chi connectivity index (χ3n) is 2.79. The number of methoxy groups -OCH3 is 1. The van der Waals surface area contributed by atoms with Crippen molar-refractivity contribution >= 4 is 17.7 Å². The van der Waals surface area contributed by atoms with Gasteiger partial charge < -0.3 is 14.8 Å². The van der Waals surface area contributed by atoms with Gasteiger partial charge >= 0.3 is 5.97 Å². The summed E-state index contributed by atoms with van der Waals surface area (Å²) in [5.41, 5.74) is 0. The quantitative estimate of drug-likeness (QED) is 0.703. The van der Waals surface area contributed by atoms with Crippen LogP contribution < -0.4 is 5.32 Å². The second-order valence-corrected chi connectivity index (χ2v) is 5.51. The molecule has 0 saturated carbocycles. The Morgan fingerprint density at radius 1 is 1.53 bits per heavy atom. The van der Waals surface area contributed by atoms with E-state index in [9.17, 15) is 4.79 Å². The van der Waals surface area contributed by atoms with Gasteiger partial charge in [-0.25, -0.2) is 0 Å². The molecule has 1 aliphatic rings. The molecule has 0 aromatic carbocycles. The maximum absolute atomic E-state index is 11.6. The van der Waals surface area contributed by atoms with Crippen LogP contribution in [-0.4, -0.2) is 49.9 Å². The summed E-state index contributed by atoms with van der Waals surface area (Å²) in [6.45, 7) is 4.65. The molecule has 100 valence electrons. The van der Waals surface area contributed by atoms with Gasteiger partial charge in [0.15, 0.2) is 0 Å². The lowest BCUT2D eigenvalue weighted by molar-refractivity contribution is -0.142. The van der Waals surface area contributed by atoms with E-state index in [4.69, 9.17) is 9.47 Å². The standard InChI is InChI=1S/C12H23NO3S/c1-3-6-13-11(12(14)15-2)9-17-10-4-7-16-8-5-10/h10-11,13H,3-9H2,1-2H3. The third kappa shape index (κ3) is 5.75. The van der Waals surface area contributed by atoms with Gasteiger partial charge in [0.1, 0.15) is 6.04 Å². The van der Waals surface area contributed by atoms with Crippen molar-refractivity contribution in [2.24, 2.45) is 0 Å². The SMILES string of the molecule is CCCNC(CSC1CCOCC1)C(=O)OC. The normalized spacial score (nSPS) is 18.9. The fourth-order valence-corrected chi connectivity index (χ4v) is 2.99. The van der Waals surface area contributed by atoms with E-state index in [2.05, 4.69) is 12.2 Å². The molecule has 1 saturated heterocycles. The molecular formula is C12H23NO3S. The lowest BCUT2D eigenvalue weighted by atomic mass is 10.2. The topological polar surface area (TPSA) is 47.6 Å². The number of esters is 1. The van der Waals surface area contributed by atoms with E-state index in [1.54, 1.807) is 0 Å². The number of carbonyl (C=O) groups is 1. The summed E-state index contributed by atoms with van der Waals surface area (Å²) in [6.07, 6.45) is 3.20. The molecule has 0 spiro atoms. The predicted octanol–water partition coefficient (Wildman–Crippen LogP) is 1.44. The lowest BCUT2D eigenvalue weighted by Gasteiger charge is -2.23. The molecule has 1 fully saturated rings. The van der Waals surface area contributed by atoms with Crippen LogP contribution in [0.25, 0.3) is 0 Å². The molecule has 1 atom stereocenters. The number of thioether (sulfide) groups is 1. The van der Waals surface area contributed by atoms with Crippen molar-refractivity contribution in [3.05, 3.63) is 0 Å². The Morgan fingerprint density at radius 3 is 2.82 bits per heavy atom. The van der Waals surface area contributed by atoms with Gasteiger partial charge in [-0.2, -0.15) is 11.8 Å². The van der Waals surface area contributed by atoms with Gasteiger partial charge in [0.25, 0.3) is 0 Å². The van der Waals surface area contributed by atoms with Gasteiger partial charge in [0.05, 0.1) is 7.11 Å². The highest BCUT2D eigenvalue weighted by molar-refractivity contribution is 7.99. The predicted molar refractivity (Wildman–Crippen MR) is 70.4 cm³/mol. The molecule has 0 aromatic rings. The van der Waals surface area contributed by atoms with Crippen molar-refractivity contribution in [1.82, 2.24) is 5.32 Å². The van der Waals surface area contributed by atoms with E-state index >= 15 is 0 Å². The smallest absolute Gasteiger partial charge is 0.323 e. The zero-order valence-corrected chi connectivity index (χ0v) is 11.6. The summed E-state index contributed by atoms with van der Waals surface area (Å²) in [6, 6.07) is -0.173. The molecule has 1 unspecified atom stereocenters. The molecule has 0 bridgehead atoms. The minimum atomic E-state index is -0.173. The van der Waals surface area contributed by atoms with Crippen molar-refractivity contribution in [2.75, 3.05) is 32.6 Å². The van der Waals surface area contributed by atoms with E-state index in [0.29, 0.717) is 5.25 Å². The Hall–Kier alpha value is -0.260. The van der Waals surface area contributed by atoms with Gasteiger partial charge in [-0.3, -0.25) is 4.79 Å². The van der Waals surface area contributed by atoms with E-state index < -0.39 is 0 Å². The maximum atomic E-state index is 11.6. The van der Waals surface area contributed by atoms with Crippen LogP contribution >= 0.6 is 11.8 Å². The van der Waals surface area contributed by atoms with Crippen LogP contribution in [0.4, 0.5) is 0 Å². The van der Waals surface area contributed by atoms with Gasteiger partial charge in [-0.1, -0.05) is 6.92 Å². The summed E-state index contributed by atoms with van der Waals surface area (Å²) in [7, 11) is 1.45. The largest absolute Gasteiger partial charge is 0.468 e. The molecule has 5 heteroatoms. The monoisotopic (exact) mass is 261 g/mol. The first kappa shape index (κ1) is 14.8. The molecule has 1 rings (SSSR count). The van der Waals surface area contributed by atoms with Gasteiger partial charge in [-0.05, 0) is 25.8 Å². The first-order valence-corrected chi connectivity index (χ1v) is 7.33. The lowest BCUT2D eigenvalue weighted by Crippen LogP contribution is -2.40. The van der Waals surface area contributed by atoms with E-state index in [0.717, 1.165) is 44.8 Å². The first-order valence-electron chi connectivity index (χ1n) is 6.28. The summed E-state index contributed by atoms with van der Waals surface area (Å²) >= 11 is 1.86. The van der Waals surface area contributed by atoms with Crippen LogP contribution in [-0.2, 0) is 14.3 Å². The Balaban J connectivity index is 2.28. The molecule has 17 heavy (non-hydrogen) atoms. The average molecular weight is 261 g/mol. The summed E-state index contributed by atoms with van der Waals surface area (Å²) in [5.74, 6) is 0.634. The fourth-order valence-electron chi connectivity index (χ4n) is 1.75. The van der Waals surface area contributed by atoms with Crippen LogP contribution in [0.1, 0.15) is 26.2 Å². The Bertz CT molecular complexity index is 220. The van der Waals surface area contributed by atoms with Crippen molar-refractivity contribution in [3.8, 4) is 0 Å². The fraction of sp³-hybridized carbons (Fsp3) is 0.917. The third-order valence-corrected chi connectivity index (χ3v) is 4.26. The minimum Gasteiger partial charge on any atom is -0.468 e. The summed E-state index contributed by atoms with van der Waals surface area (Å²) in [5, 5.41) is 3.86. The first-order chi connectivity index (χ1) is 8.27. The van der Waals surface area contributed by atoms with E-state index in [-0.39, 0.29) is 12.0 Å². The Kier molecular flexibility index (Phi) is 7.64. The van der Waals surface area contributed by atoms with Crippen LogP contribution in [0, 0.1) is 0 Å². The molecule has 1 N–H and O–H groups in total. The highest BCUT2D eigenvalue weighted by Crippen LogP contribution is 2.22. The van der Waals surface area contributed by atoms with Crippen molar-refractivity contribution in [3.63, 3.8) is 0 Å². The van der Waals surface area contributed by atoms with Crippen LogP contribution in [0.2, 0.25) is 0 Å². The summed E-state index contributed by atoms with van der Waals surface area (Å²) in [4.78, 5) is 11.6. The average Bonchev–Trinajstić information content (AvgIpc) is 2.39. The number of hydrogen-bond acceptors (Lipinski definition) is 5. The summed E-state index contributed by atoms with van der Waals surface area (Å²) < 4.78 is 10.1. The molecule has 0 aliphatic carbocycles. The number of nitrogens with one attached hydrogen (secondary N) is 1. The molecule has 0 aromatic heterocycles. The number of ether oxygens (including phenoxy) is 2. The van der Waals surface area contributed by atoms with Crippen LogP contribution in [0.3, 0.4) is 0 Å². The molecule has 0 radical (unpaired) electrons. The van der Waals surface area contributed by atoms with Gasteiger partial charge in [0.2, 0.25) is 0 Å². The molecule has 1 heterocycles. The number of hydrogen-bond donors (Lipinski definition) is 1. The van der Waals surface area contributed by atoms with Gasteiger partial charge in [-0.15, -0.1) is 0 Å². The van der Waals surface area contributed by atoms with E-state index in [1.807, 2.05) is 11.8 Å². The van der Waals surface area contributed by atoms with E-state index in [1.165, 1.54) is 7.11 Å². The second-order valence-electron chi connectivity index (χ2n) is 4.17. The maximum Gasteiger partial charge on any atom is 0.323 e. The number of carbonyl (C=O) groups excluding carboxylic acids is 1. The molecule has 0 amide bonds. The highest BCUT2D eigenvalue weighted by atomic mass is 32.2. The Labute approximate surface area is 108 Å². The second kappa shape index (κ2) is 8.78. The van der Waals surface area contributed by atoms with Crippen molar-refractivity contribution in [1.29, 1.82) is 0 Å².